The summed E-state index contributed by atoms with van der Waals surface area (Å²) in [6.45, 7) is 5.47. The van der Waals surface area contributed by atoms with Crippen LogP contribution in [0.5, 0.6) is 0 Å². The number of nitrogens with one attached hydrogen (secondary N) is 1. The first kappa shape index (κ1) is 15.8. The van der Waals surface area contributed by atoms with Crippen LogP contribution in [0.3, 0.4) is 0 Å². The van der Waals surface area contributed by atoms with E-state index in [4.69, 9.17) is 4.98 Å². The number of benzene rings is 2. The van der Waals surface area contributed by atoms with Gasteiger partial charge in [0.2, 0.25) is 0 Å². The van der Waals surface area contributed by atoms with Crippen molar-refractivity contribution in [1.29, 1.82) is 0 Å². The molecular formula is C23H25N3. The van der Waals surface area contributed by atoms with E-state index in [1.165, 1.54) is 40.6 Å². The van der Waals surface area contributed by atoms with Crippen molar-refractivity contribution in [2.24, 2.45) is 0 Å². The lowest BCUT2D eigenvalue weighted by molar-refractivity contribution is 0.568. The highest BCUT2D eigenvalue weighted by Gasteiger charge is 2.22. The first-order chi connectivity index (χ1) is 12.8. The Labute approximate surface area is 155 Å². The molecule has 3 heterocycles. The van der Waals surface area contributed by atoms with Gasteiger partial charge in [0.25, 0.3) is 0 Å². The van der Waals surface area contributed by atoms with Crippen LogP contribution in [0.25, 0.3) is 10.9 Å². The number of hydrogen-bond donors (Lipinski definition) is 1. The number of fused-ring (bicyclic) bond motifs is 2. The zero-order valence-electron chi connectivity index (χ0n) is 15.3. The average Bonchev–Trinajstić information content (AvgIpc) is 3.21. The molecule has 5 rings (SSSR count). The fourth-order valence-corrected chi connectivity index (χ4v) is 4.56. The van der Waals surface area contributed by atoms with Gasteiger partial charge < -0.3 is 10.2 Å². The Bertz CT molecular complexity index is 957. The Morgan fingerprint density at radius 3 is 2.77 bits per heavy atom. The molecule has 0 aliphatic carbocycles. The van der Waals surface area contributed by atoms with Crippen molar-refractivity contribution in [1.82, 2.24) is 10.3 Å². The SMILES string of the molecule is Cc1cc(N2CCCC2)c2ccc([C@H]3NCCc4ccccc43)cc2n1. The van der Waals surface area contributed by atoms with Crippen LogP contribution in [0.2, 0.25) is 0 Å². The summed E-state index contributed by atoms with van der Waals surface area (Å²) in [6.07, 6.45) is 3.70. The molecule has 1 atom stereocenters. The van der Waals surface area contributed by atoms with Crippen molar-refractivity contribution in [3.05, 3.63) is 70.9 Å². The molecular weight excluding hydrogens is 318 g/mol. The minimum absolute atomic E-state index is 0.266. The summed E-state index contributed by atoms with van der Waals surface area (Å²) >= 11 is 0. The summed E-state index contributed by atoms with van der Waals surface area (Å²) < 4.78 is 0. The lowest BCUT2D eigenvalue weighted by Gasteiger charge is -2.28. The number of pyridine rings is 1. The quantitative estimate of drug-likeness (QED) is 0.748. The number of aryl methyl sites for hydroxylation is 1. The van der Waals surface area contributed by atoms with Gasteiger partial charge in [-0.2, -0.15) is 0 Å². The van der Waals surface area contributed by atoms with Crippen LogP contribution >= 0.6 is 0 Å². The van der Waals surface area contributed by atoms with E-state index in [9.17, 15) is 0 Å². The van der Waals surface area contributed by atoms with Crippen molar-refractivity contribution in [2.45, 2.75) is 32.2 Å². The predicted octanol–water partition coefficient (Wildman–Crippen LogP) is 4.38. The van der Waals surface area contributed by atoms with Gasteiger partial charge in [-0.3, -0.25) is 4.98 Å². The van der Waals surface area contributed by atoms with Gasteiger partial charge in [0.15, 0.2) is 0 Å². The zero-order chi connectivity index (χ0) is 17.5. The molecule has 2 aliphatic rings. The van der Waals surface area contributed by atoms with Gasteiger partial charge in [-0.1, -0.05) is 36.4 Å². The van der Waals surface area contributed by atoms with Crippen LogP contribution in [0.4, 0.5) is 5.69 Å². The van der Waals surface area contributed by atoms with Crippen molar-refractivity contribution in [3.63, 3.8) is 0 Å². The summed E-state index contributed by atoms with van der Waals surface area (Å²) in [5.41, 5.74) is 7.77. The molecule has 1 fully saturated rings. The topological polar surface area (TPSA) is 28.2 Å². The first-order valence-corrected chi connectivity index (χ1v) is 9.77. The van der Waals surface area contributed by atoms with E-state index >= 15 is 0 Å². The standard InChI is InChI=1S/C23H25N3/c1-16-14-22(26-12-4-5-13-26)20-9-8-18(15-21(20)25-16)23-19-7-3-2-6-17(19)10-11-24-23/h2-3,6-9,14-15,23-24H,4-5,10-13H2,1H3/t23-/m1/s1. The second kappa shape index (κ2) is 6.40. The van der Waals surface area contributed by atoms with Gasteiger partial charge >= 0.3 is 0 Å². The fraction of sp³-hybridized carbons (Fsp3) is 0.348. The van der Waals surface area contributed by atoms with Crippen molar-refractivity contribution in [2.75, 3.05) is 24.5 Å². The third kappa shape index (κ3) is 2.67. The summed E-state index contributed by atoms with van der Waals surface area (Å²) in [5, 5.41) is 4.99. The molecule has 0 radical (unpaired) electrons. The molecule has 0 unspecified atom stereocenters. The van der Waals surface area contributed by atoms with Crippen LogP contribution in [-0.2, 0) is 6.42 Å². The molecule has 3 aromatic rings. The lowest BCUT2D eigenvalue weighted by atomic mass is 9.89. The van der Waals surface area contributed by atoms with Crippen molar-refractivity contribution >= 4 is 16.6 Å². The predicted molar refractivity (Wildman–Crippen MR) is 108 cm³/mol. The van der Waals surface area contributed by atoms with Gasteiger partial charge in [0.05, 0.1) is 11.6 Å². The molecule has 1 N–H and O–H groups in total. The maximum Gasteiger partial charge on any atom is 0.0729 e. The molecule has 3 nitrogen and oxygen atoms in total. The third-order valence-electron chi connectivity index (χ3n) is 5.83. The number of aromatic nitrogens is 1. The van der Waals surface area contributed by atoms with Gasteiger partial charge in [-0.05, 0) is 55.0 Å². The van der Waals surface area contributed by atoms with E-state index in [1.54, 1.807) is 0 Å². The Morgan fingerprint density at radius 2 is 1.88 bits per heavy atom. The first-order valence-electron chi connectivity index (χ1n) is 9.77. The van der Waals surface area contributed by atoms with Crippen LogP contribution < -0.4 is 10.2 Å². The van der Waals surface area contributed by atoms with E-state index in [0.29, 0.717) is 0 Å². The normalized spacial score (nSPS) is 19.7. The molecule has 1 aromatic heterocycles. The van der Waals surface area contributed by atoms with Crippen molar-refractivity contribution in [3.8, 4) is 0 Å². The minimum atomic E-state index is 0.266. The largest absolute Gasteiger partial charge is 0.371 e. The van der Waals surface area contributed by atoms with E-state index in [2.05, 4.69) is 65.7 Å². The van der Waals surface area contributed by atoms with Crippen LogP contribution in [-0.4, -0.2) is 24.6 Å². The highest BCUT2D eigenvalue weighted by atomic mass is 15.1. The number of hydrogen-bond acceptors (Lipinski definition) is 3. The van der Waals surface area contributed by atoms with E-state index in [0.717, 1.165) is 37.3 Å². The zero-order valence-corrected chi connectivity index (χ0v) is 15.3. The molecule has 0 amide bonds. The fourth-order valence-electron chi connectivity index (χ4n) is 4.56. The summed E-state index contributed by atoms with van der Waals surface area (Å²) in [4.78, 5) is 7.38. The second-order valence-electron chi connectivity index (χ2n) is 7.59. The molecule has 0 saturated carbocycles. The Kier molecular flexibility index (Phi) is 3.90. The Morgan fingerprint density at radius 1 is 1.04 bits per heavy atom. The molecule has 0 spiro atoms. The lowest BCUT2D eigenvalue weighted by Crippen LogP contribution is -2.30. The van der Waals surface area contributed by atoms with E-state index in [-0.39, 0.29) is 6.04 Å². The van der Waals surface area contributed by atoms with Gasteiger partial charge in [0, 0.05) is 36.4 Å². The molecule has 0 bridgehead atoms. The summed E-state index contributed by atoms with van der Waals surface area (Å²) in [5.74, 6) is 0. The highest BCUT2D eigenvalue weighted by molar-refractivity contribution is 5.92. The molecule has 132 valence electrons. The van der Waals surface area contributed by atoms with E-state index in [1.807, 2.05) is 0 Å². The number of nitrogens with zero attached hydrogens (tertiary/aromatic N) is 2. The van der Waals surface area contributed by atoms with Crippen LogP contribution in [0.15, 0.2) is 48.5 Å². The maximum absolute atomic E-state index is 4.86. The second-order valence-corrected chi connectivity index (χ2v) is 7.59. The molecule has 26 heavy (non-hydrogen) atoms. The van der Waals surface area contributed by atoms with Crippen LogP contribution in [0.1, 0.15) is 41.3 Å². The number of rotatable bonds is 2. The highest BCUT2D eigenvalue weighted by Crippen LogP contribution is 2.34. The van der Waals surface area contributed by atoms with Gasteiger partial charge in [-0.15, -0.1) is 0 Å². The third-order valence-corrected chi connectivity index (χ3v) is 5.83. The average molecular weight is 343 g/mol. The van der Waals surface area contributed by atoms with E-state index < -0.39 is 0 Å². The summed E-state index contributed by atoms with van der Waals surface area (Å²) in [6, 6.07) is 18.2. The maximum atomic E-state index is 4.86. The molecule has 2 aromatic carbocycles. The Balaban J connectivity index is 1.61. The van der Waals surface area contributed by atoms with Crippen molar-refractivity contribution < 1.29 is 0 Å². The summed E-state index contributed by atoms with van der Waals surface area (Å²) in [7, 11) is 0. The molecule has 1 saturated heterocycles. The molecule has 2 aliphatic heterocycles. The smallest absolute Gasteiger partial charge is 0.0729 e. The van der Waals surface area contributed by atoms with Gasteiger partial charge in [-0.25, -0.2) is 0 Å². The van der Waals surface area contributed by atoms with Gasteiger partial charge in [0.1, 0.15) is 0 Å². The Hall–Kier alpha value is -2.39. The van der Waals surface area contributed by atoms with Crippen LogP contribution in [0, 0.1) is 6.92 Å². The number of anilines is 1. The molecule has 3 heteroatoms. The monoisotopic (exact) mass is 343 g/mol. The minimum Gasteiger partial charge on any atom is -0.371 e.